The van der Waals surface area contributed by atoms with Crippen molar-refractivity contribution < 1.29 is 23.1 Å². The zero-order chi connectivity index (χ0) is 18.0. The number of fused-ring (bicyclic) bond motifs is 1. The van der Waals surface area contributed by atoms with Crippen molar-refractivity contribution >= 4 is 21.7 Å². The number of carboxylic acid groups (broad SMARTS) is 1. The van der Waals surface area contributed by atoms with E-state index in [1.807, 2.05) is 12.1 Å². The number of anilines is 1. The topological polar surface area (TPSA) is 83.9 Å². The SMILES string of the molecule is CCOc1ccc(S(=O)(=O)N2CCCc3ccccc32)cc1C(=O)O. The maximum Gasteiger partial charge on any atom is 0.339 e. The van der Waals surface area contributed by atoms with Crippen LogP contribution >= 0.6 is 0 Å². The Morgan fingerprint density at radius 3 is 2.72 bits per heavy atom. The van der Waals surface area contributed by atoms with Crippen LogP contribution in [0, 0.1) is 0 Å². The van der Waals surface area contributed by atoms with E-state index in [9.17, 15) is 18.3 Å². The highest BCUT2D eigenvalue weighted by atomic mass is 32.2. The number of aryl methyl sites for hydroxylation is 1. The van der Waals surface area contributed by atoms with Gasteiger partial charge in [0.2, 0.25) is 0 Å². The van der Waals surface area contributed by atoms with E-state index >= 15 is 0 Å². The van der Waals surface area contributed by atoms with Crippen LogP contribution in [0.2, 0.25) is 0 Å². The third-order valence-electron chi connectivity index (χ3n) is 4.14. The molecule has 0 atom stereocenters. The van der Waals surface area contributed by atoms with Crippen molar-refractivity contribution in [1.82, 2.24) is 0 Å². The number of sulfonamides is 1. The van der Waals surface area contributed by atoms with Gasteiger partial charge in [0.05, 0.1) is 17.2 Å². The van der Waals surface area contributed by atoms with Crippen molar-refractivity contribution in [3.8, 4) is 5.75 Å². The van der Waals surface area contributed by atoms with Crippen LogP contribution in [0.5, 0.6) is 5.75 Å². The zero-order valence-electron chi connectivity index (χ0n) is 13.8. The summed E-state index contributed by atoms with van der Waals surface area (Å²) in [5, 5.41) is 9.36. The number of hydrogen-bond donors (Lipinski definition) is 1. The summed E-state index contributed by atoms with van der Waals surface area (Å²) in [5.41, 5.74) is 1.47. The quantitative estimate of drug-likeness (QED) is 0.885. The molecule has 1 N–H and O–H groups in total. The second kappa shape index (κ2) is 6.76. The number of aromatic carboxylic acids is 1. The lowest BCUT2D eigenvalue weighted by Gasteiger charge is -2.30. The Hall–Kier alpha value is -2.54. The number of rotatable bonds is 5. The molecule has 1 aliphatic rings. The first-order valence-electron chi connectivity index (χ1n) is 8.06. The van der Waals surface area contributed by atoms with Gasteiger partial charge in [-0.3, -0.25) is 4.31 Å². The fraction of sp³-hybridized carbons (Fsp3) is 0.278. The van der Waals surface area contributed by atoms with Crippen molar-refractivity contribution in [2.75, 3.05) is 17.5 Å². The number of nitrogens with zero attached hydrogens (tertiary/aromatic N) is 1. The van der Waals surface area contributed by atoms with E-state index < -0.39 is 16.0 Å². The second-order valence-electron chi connectivity index (χ2n) is 5.71. The van der Waals surface area contributed by atoms with Crippen molar-refractivity contribution in [2.24, 2.45) is 0 Å². The van der Waals surface area contributed by atoms with E-state index in [-0.39, 0.29) is 16.2 Å². The Morgan fingerprint density at radius 2 is 2.00 bits per heavy atom. The molecule has 3 rings (SSSR count). The van der Waals surface area contributed by atoms with Crippen molar-refractivity contribution in [3.05, 3.63) is 53.6 Å². The molecule has 0 unspecified atom stereocenters. The van der Waals surface area contributed by atoms with Crippen LogP contribution in [-0.2, 0) is 16.4 Å². The molecule has 0 saturated heterocycles. The summed E-state index contributed by atoms with van der Waals surface area (Å²) in [6.45, 7) is 2.40. The number of carboxylic acids is 1. The first-order valence-corrected chi connectivity index (χ1v) is 9.50. The fourth-order valence-corrected chi connectivity index (χ4v) is 4.56. The highest BCUT2D eigenvalue weighted by Crippen LogP contribution is 2.33. The van der Waals surface area contributed by atoms with Gasteiger partial charge in [-0.1, -0.05) is 18.2 Å². The molecule has 6 nitrogen and oxygen atoms in total. The summed E-state index contributed by atoms with van der Waals surface area (Å²) in [7, 11) is -3.85. The van der Waals surface area contributed by atoms with Gasteiger partial charge >= 0.3 is 5.97 Å². The lowest BCUT2D eigenvalue weighted by atomic mass is 10.0. The van der Waals surface area contributed by atoms with E-state index in [4.69, 9.17) is 4.74 Å². The molecule has 1 heterocycles. The molecule has 0 aliphatic carbocycles. The van der Waals surface area contributed by atoms with Crippen LogP contribution < -0.4 is 9.04 Å². The monoisotopic (exact) mass is 361 g/mol. The van der Waals surface area contributed by atoms with E-state index in [1.54, 1.807) is 19.1 Å². The summed E-state index contributed by atoms with van der Waals surface area (Å²) in [6, 6.07) is 11.3. The number of carbonyl (C=O) groups is 1. The van der Waals surface area contributed by atoms with Gasteiger partial charge in [-0.2, -0.15) is 0 Å². The third kappa shape index (κ3) is 3.19. The van der Waals surface area contributed by atoms with Crippen LogP contribution in [0.1, 0.15) is 29.3 Å². The van der Waals surface area contributed by atoms with Crippen molar-refractivity contribution in [1.29, 1.82) is 0 Å². The zero-order valence-corrected chi connectivity index (χ0v) is 14.6. The molecule has 2 aromatic rings. The van der Waals surface area contributed by atoms with Crippen LogP contribution in [0.15, 0.2) is 47.4 Å². The Bertz CT molecular complexity index is 907. The summed E-state index contributed by atoms with van der Waals surface area (Å²) >= 11 is 0. The average Bonchev–Trinajstić information content (AvgIpc) is 2.61. The maximum absolute atomic E-state index is 13.1. The van der Waals surface area contributed by atoms with Crippen LogP contribution in [0.3, 0.4) is 0 Å². The summed E-state index contributed by atoms with van der Waals surface area (Å²) < 4.78 is 32.8. The van der Waals surface area contributed by atoms with Gasteiger partial charge in [-0.15, -0.1) is 0 Å². The molecule has 0 bridgehead atoms. The molecule has 2 aromatic carbocycles. The van der Waals surface area contributed by atoms with Gasteiger partial charge in [0.15, 0.2) is 0 Å². The standard InChI is InChI=1S/C18H19NO5S/c1-2-24-17-10-9-14(12-15(17)18(20)21)25(22,23)19-11-5-7-13-6-3-4-8-16(13)19/h3-4,6,8-10,12H,2,5,7,11H2,1H3,(H,20,21). The van der Waals surface area contributed by atoms with E-state index in [1.165, 1.54) is 22.5 Å². The summed E-state index contributed by atoms with van der Waals surface area (Å²) in [4.78, 5) is 11.4. The Morgan fingerprint density at radius 1 is 1.24 bits per heavy atom. The highest BCUT2D eigenvalue weighted by molar-refractivity contribution is 7.92. The normalized spacial score (nSPS) is 14.0. The first-order chi connectivity index (χ1) is 11.9. The molecule has 1 aliphatic heterocycles. The Balaban J connectivity index is 2.07. The highest BCUT2D eigenvalue weighted by Gasteiger charge is 2.30. The predicted molar refractivity (Wildman–Crippen MR) is 93.9 cm³/mol. The Kier molecular flexibility index (Phi) is 4.67. The molecular formula is C18H19NO5S. The maximum atomic E-state index is 13.1. The summed E-state index contributed by atoms with van der Waals surface area (Å²) in [6.07, 6.45) is 1.55. The second-order valence-corrected chi connectivity index (χ2v) is 7.57. The molecule has 0 fully saturated rings. The molecule has 25 heavy (non-hydrogen) atoms. The van der Waals surface area contributed by atoms with Gasteiger partial charge in [-0.25, -0.2) is 13.2 Å². The number of benzene rings is 2. The van der Waals surface area contributed by atoms with E-state index in [0.29, 0.717) is 18.8 Å². The third-order valence-corrected chi connectivity index (χ3v) is 5.95. The minimum Gasteiger partial charge on any atom is -0.493 e. The molecule has 7 heteroatoms. The average molecular weight is 361 g/mol. The van der Waals surface area contributed by atoms with Crippen LogP contribution in [-0.4, -0.2) is 32.6 Å². The van der Waals surface area contributed by atoms with Crippen LogP contribution in [0.4, 0.5) is 5.69 Å². The van der Waals surface area contributed by atoms with Crippen LogP contribution in [0.25, 0.3) is 0 Å². The largest absolute Gasteiger partial charge is 0.493 e. The first kappa shape index (κ1) is 17.3. The lowest BCUT2D eigenvalue weighted by molar-refractivity contribution is 0.0692. The fourth-order valence-electron chi connectivity index (χ4n) is 2.99. The minimum atomic E-state index is -3.85. The molecule has 0 spiro atoms. The molecular weight excluding hydrogens is 342 g/mol. The van der Waals surface area contributed by atoms with Gasteiger partial charge in [0, 0.05) is 6.54 Å². The molecule has 132 valence electrons. The smallest absolute Gasteiger partial charge is 0.339 e. The van der Waals surface area contributed by atoms with E-state index in [2.05, 4.69) is 0 Å². The predicted octanol–water partition coefficient (Wildman–Crippen LogP) is 2.93. The summed E-state index contributed by atoms with van der Waals surface area (Å²) in [5.74, 6) is -1.06. The van der Waals surface area contributed by atoms with Gasteiger partial charge in [-0.05, 0) is 49.6 Å². The minimum absolute atomic E-state index is 0.0509. The van der Waals surface area contributed by atoms with Gasteiger partial charge in [0.1, 0.15) is 11.3 Å². The number of hydrogen-bond acceptors (Lipinski definition) is 4. The van der Waals surface area contributed by atoms with Crippen molar-refractivity contribution in [3.63, 3.8) is 0 Å². The Labute approximate surface area is 146 Å². The van der Waals surface area contributed by atoms with Gasteiger partial charge < -0.3 is 9.84 Å². The van der Waals surface area contributed by atoms with Crippen molar-refractivity contribution in [2.45, 2.75) is 24.7 Å². The molecule has 0 saturated carbocycles. The number of ether oxygens (including phenoxy) is 1. The molecule has 0 aromatic heterocycles. The number of para-hydroxylation sites is 1. The lowest BCUT2D eigenvalue weighted by Crippen LogP contribution is -2.35. The molecule has 0 radical (unpaired) electrons. The molecule has 0 amide bonds. The van der Waals surface area contributed by atoms with E-state index in [0.717, 1.165) is 18.4 Å². The van der Waals surface area contributed by atoms with Gasteiger partial charge in [0.25, 0.3) is 10.0 Å².